The summed E-state index contributed by atoms with van der Waals surface area (Å²) in [6, 6.07) is 0.601. The Morgan fingerprint density at radius 3 is 2.74 bits per heavy atom. The molecule has 0 saturated carbocycles. The Hall–Kier alpha value is -0.680. The second-order valence-electron chi connectivity index (χ2n) is 5.62. The summed E-state index contributed by atoms with van der Waals surface area (Å²) in [4.78, 5) is 0. The minimum atomic E-state index is 0.217. The zero-order chi connectivity index (χ0) is 14.0. The van der Waals surface area contributed by atoms with Gasteiger partial charge in [-0.05, 0) is 46.4 Å². The monoisotopic (exact) mass is 283 g/mol. The topological polar surface area (TPSA) is 39.1 Å². The molecule has 0 radical (unpaired) electrons. The lowest BCUT2D eigenvalue weighted by atomic mass is 9.93. The van der Waals surface area contributed by atoms with Crippen molar-refractivity contribution in [1.29, 1.82) is 0 Å². The van der Waals surface area contributed by atoms with Gasteiger partial charge in [-0.25, -0.2) is 0 Å². The highest BCUT2D eigenvalue weighted by atomic mass is 32.2. The normalized spacial score (nSPS) is 24.9. The minimum absolute atomic E-state index is 0.217. The lowest BCUT2D eigenvalue weighted by molar-refractivity contribution is 0.358. The molecule has 1 aromatic rings. The molecule has 2 rings (SSSR count). The Morgan fingerprint density at radius 2 is 2.26 bits per heavy atom. The smallest absolute Gasteiger partial charge is 0.161 e. The first-order valence-electron chi connectivity index (χ1n) is 6.96. The summed E-state index contributed by atoms with van der Waals surface area (Å²) in [5.41, 5.74) is 1.18. The number of methoxy groups -OCH3 is 1. The van der Waals surface area contributed by atoms with Gasteiger partial charge in [0.2, 0.25) is 0 Å². The number of hydrogen-bond acceptors (Lipinski definition) is 4. The number of nitrogens with zero attached hydrogens (tertiary/aromatic N) is 2. The van der Waals surface area contributed by atoms with Crippen LogP contribution in [0, 0.1) is 0 Å². The van der Waals surface area contributed by atoms with Gasteiger partial charge in [0.15, 0.2) is 5.75 Å². The Kier molecular flexibility index (Phi) is 4.46. The van der Waals surface area contributed by atoms with Crippen LogP contribution in [0.3, 0.4) is 0 Å². The molecule has 0 aromatic carbocycles. The zero-order valence-electron chi connectivity index (χ0n) is 12.6. The minimum Gasteiger partial charge on any atom is -0.493 e. The Bertz CT molecular complexity index is 424. The second-order valence-corrected chi connectivity index (χ2v) is 7.25. The largest absolute Gasteiger partial charge is 0.493 e. The molecule has 0 amide bonds. The van der Waals surface area contributed by atoms with Crippen molar-refractivity contribution in [3.05, 3.63) is 11.9 Å². The van der Waals surface area contributed by atoms with Crippen LogP contribution in [-0.2, 0) is 0 Å². The fourth-order valence-electron chi connectivity index (χ4n) is 2.96. The van der Waals surface area contributed by atoms with E-state index >= 15 is 0 Å². The van der Waals surface area contributed by atoms with Gasteiger partial charge in [0.25, 0.3) is 0 Å². The summed E-state index contributed by atoms with van der Waals surface area (Å²) in [5.74, 6) is 2.13. The molecule has 1 aliphatic rings. The molecule has 19 heavy (non-hydrogen) atoms. The maximum Gasteiger partial charge on any atom is 0.161 e. The van der Waals surface area contributed by atoms with Crippen molar-refractivity contribution in [1.82, 2.24) is 15.1 Å². The standard InChI is InChI=1S/C14H25N3OS/c1-10(2)17-12(11(18-5)9-16-17)13(15-4)14(3)7-6-8-19-14/h9-10,13,15H,6-8H2,1-5H3. The van der Waals surface area contributed by atoms with Gasteiger partial charge in [0.05, 0.1) is 25.0 Å². The van der Waals surface area contributed by atoms with Crippen LogP contribution in [0.2, 0.25) is 0 Å². The van der Waals surface area contributed by atoms with E-state index in [1.54, 1.807) is 7.11 Å². The Labute approximate surface area is 120 Å². The third kappa shape index (κ3) is 2.63. The molecule has 1 aromatic heterocycles. The van der Waals surface area contributed by atoms with Crippen molar-refractivity contribution in [2.75, 3.05) is 19.9 Å². The first-order valence-corrected chi connectivity index (χ1v) is 7.94. The molecule has 0 aliphatic carbocycles. The lowest BCUT2D eigenvalue weighted by Gasteiger charge is -2.34. The fourth-order valence-corrected chi connectivity index (χ4v) is 4.40. The predicted molar refractivity (Wildman–Crippen MR) is 81.1 cm³/mol. The summed E-state index contributed by atoms with van der Waals surface area (Å²) in [5, 5.41) is 8.00. The molecule has 1 aliphatic heterocycles. The lowest BCUT2D eigenvalue weighted by Crippen LogP contribution is -2.37. The van der Waals surface area contributed by atoms with Crippen LogP contribution in [0.1, 0.15) is 51.4 Å². The highest BCUT2D eigenvalue weighted by Crippen LogP contribution is 2.48. The SMILES string of the molecule is CNC(c1c(OC)cnn1C(C)C)C1(C)CCCS1. The molecule has 1 saturated heterocycles. The van der Waals surface area contributed by atoms with Crippen molar-refractivity contribution >= 4 is 11.8 Å². The number of aromatic nitrogens is 2. The van der Waals surface area contributed by atoms with E-state index in [9.17, 15) is 0 Å². The van der Waals surface area contributed by atoms with E-state index in [1.807, 2.05) is 13.2 Å². The van der Waals surface area contributed by atoms with Crippen LogP contribution in [0.5, 0.6) is 5.75 Å². The molecule has 1 N–H and O–H groups in total. The number of ether oxygens (including phenoxy) is 1. The molecule has 2 unspecified atom stereocenters. The number of nitrogens with one attached hydrogen (secondary N) is 1. The van der Waals surface area contributed by atoms with Crippen LogP contribution in [0.15, 0.2) is 6.20 Å². The van der Waals surface area contributed by atoms with E-state index in [-0.39, 0.29) is 10.8 Å². The van der Waals surface area contributed by atoms with Gasteiger partial charge in [-0.15, -0.1) is 0 Å². The van der Waals surface area contributed by atoms with Crippen LogP contribution in [0.4, 0.5) is 0 Å². The van der Waals surface area contributed by atoms with Crippen molar-refractivity contribution in [2.45, 2.75) is 50.4 Å². The summed E-state index contributed by atoms with van der Waals surface area (Å²) in [6.07, 6.45) is 4.36. The van der Waals surface area contributed by atoms with Gasteiger partial charge >= 0.3 is 0 Å². The molecular formula is C14H25N3OS. The highest BCUT2D eigenvalue weighted by Gasteiger charge is 2.41. The third-order valence-corrected chi connectivity index (χ3v) is 5.52. The van der Waals surface area contributed by atoms with Crippen molar-refractivity contribution in [3.63, 3.8) is 0 Å². The van der Waals surface area contributed by atoms with Gasteiger partial charge in [0.1, 0.15) is 0 Å². The van der Waals surface area contributed by atoms with Crippen LogP contribution in [-0.4, -0.2) is 34.4 Å². The number of hydrogen-bond donors (Lipinski definition) is 1. The second kappa shape index (κ2) is 5.75. The first-order chi connectivity index (χ1) is 9.03. The van der Waals surface area contributed by atoms with Gasteiger partial charge in [0, 0.05) is 10.8 Å². The van der Waals surface area contributed by atoms with Crippen LogP contribution >= 0.6 is 11.8 Å². The summed E-state index contributed by atoms with van der Waals surface area (Å²) >= 11 is 2.06. The number of thioether (sulfide) groups is 1. The van der Waals surface area contributed by atoms with E-state index in [1.165, 1.54) is 24.3 Å². The van der Waals surface area contributed by atoms with Gasteiger partial charge in [-0.2, -0.15) is 16.9 Å². The summed E-state index contributed by atoms with van der Waals surface area (Å²) in [6.45, 7) is 6.67. The molecular weight excluding hydrogens is 258 g/mol. The van der Waals surface area contributed by atoms with Gasteiger partial charge in [-0.3, -0.25) is 4.68 Å². The maximum absolute atomic E-state index is 5.53. The maximum atomic E-state index is 5.53. The van der Waals surface area contributed by atoms with Gasteiger partial charge in [-0.1, -0.05) is 0 Å². The van der Waals surface area contributed by atoms with E-state index in [0.717, 1.165) is 5.75 Å². The highest BCUT2D eigenvalue weighted by molar-refractivity contribution is 8.00. The molecule has 5 heteroatoms. The first kappa shape index (κ1) is 14.7. The van der Waals surface area contributed by atoms with Crippen molar-refractivity contribution in [2.24, 2.45) is 0 Å². The Balaban J connectivity index is 2.44. The Morgan fingerprint density at radius 1 is 1.53 bits per heavy atom. The molecule has 0 spiro atoms. The molecule has 4 nitrogen and oxygen atoms in total. The van der Waals surface area contributed by atoms with E-state index in [4.69, 9.17) is 4.74 Å². The van der Waals surface area contributed by atoms with Gasteiger partial charge < -0.3 is 10.1 Å². The van der Waals surface area contributed by atoms with E-state index in [2.05, 4.69) is 47.6 Å². The van der Waals surface area contributed by atoms with E-state index < -0.39 is 0 Å². The molecule has 2 heterocycles. The molecule has 2 atom stereocenters. The van der Waals surface area contributed by atoms with Crippen molar-refractivity contribution in [3.8, 4) is 5.75 Å². The predicted octanol–water partition coefficient (Wildman–Crippen LogP) is 3.02. The van der Waals surface area contributed by atoms with Crippen molar-refractivity contribution < 1.29 is 4.74 Å². The number of rotatable bonds is 5. The quantitative estimate of drug-likeness (QED) is 0.901. The molecule has 1 fully saturated rings. The molecule has 0 bridgehead atoms. The third-order valence-electron chi connectivity index (χ3n) is 3.93. The average Bonchev–Trinajstić information content (AvgIpc) is 2.97. The average molecular weight is 283 g/mol. The van der Waals surface area contributed by atoms with E-state index in [0.29, 0.717) is 6.04 Å². The zero-order valence-corrected chi connectivity index (χ0v) is 13.4. The van der Waals surface area contributed by atoms with Crippen LogP contribution < -0.4 is 10.1 Å². The fraction of sp³-hybridized carbons (Fsp3) is 0.786. The summed E-state index contributed by atoms with van der Waals surface area (Å²) in [7, 11) is 3.76. The van der Waals surface area contributed by atoms with Crippen LogP contribution in [0.25, 0.3) is 0 Å². The molecule has 108 valence electrons. The summed E-state index contributed by atoms with van der Waals surface area (Å²) < 4.78 is 7.84.